The Morgan fingerprint density at radius 3 is 2.60 bits per heavy atom. The van der Waals surface area contributed by atoms with Crippen LogP contribution in [0.15, 0.2) is 60.9 Å². The molecule has 0 aliphatic heterocycles. The van der Waals surface area contributed by atoms with Crippen LogP contribution < -0.4 is 10.6 Å². The molecule has 25 heavy (non-hydrogen) atoms. The van der Waals surface area contributed by atoms with Gasteiger partial charge in [0.05, 0.1) is 28.5 Å². The quantitative estimate of drug-likeness (QED) is 0.618. The van der Waals surface area contributed by atoms with Crippen molar-refractivity contribution < 1.29 is 0 Å². The third-order valence-electron chi connectivity index (χ3n) is 3.52. The molecule has 2 aromatic carbocycles. The van der Waals surface area contributed by atoms with Crippen LogP contribution in [0, 0.1) is 0 Å². The van der Waals surface area contributed by atoms with Gasteiger partial charge in [0.15, 0.2) is 5.11 Å². The van der Waals surface area contributed by atoms with Crippen LogP contribution in [0.5, 0.6) is 0 Å². The zero-order chi connectivity index (χ0) is 17.6. The Kier molecular flexibility index (Phi) is 5.91. The first-order valence-corrected chi connectivity index (χ1v) is 8.82. The maximum atomic E-state index is 6.04. The second kappa shape index (κ2) is 8.34. The molecule has 0 aliphatic rings. The van der Waals surface area contributed by atoms with Crippen LogP contribution in [0.25, 0.3) is 0 Å². The van der Waals surface area contributed by atoms with Crippen LogP contribution in [0.4, 0.5) is 5.69 Å². The zero-order valence-electron chi connectivity index (χ0n) is 13.2. The van der Waals surface area contributed by atoms with E-state index in [4.69, 9.17) is 35.4 Å². The lowest BCUT2D eigenvalue weighted by Crippen LogP contribution is -2.27. The third kappa shape index (κ3) is 5.19. The van der Waals surface area contributed by atoms with E-state index in [2.05, 4.69) is 15.7 Å². The van der Waals surface area contributed by atoms with Crippen LogP contribution in [-0.2, 0) is 13.1 Å². The van der Waals surface area contributed by atoms with Crippen LogP contribution in [0.1, 0.15) is 11.1 Å². The lowest BCUT2D eigenvalue weighted by atomic mass is 10.2. The summed E-state index contributed by atoms with van der Waals surface area (Å²) in [5.74, 6) is 0. The molecule has 0 amide bonds. The second-order valence-electron chi connectivity index (χ2n) is 5.47. The molecule has 0 unspecified atom stereocenters. The minimum absolute atomic E-state index is 0.538. The fourth-order valence-corrected chi connectivity index (χ4v) is 2.80. The number of rotatable bonds is 5. The first-order valence-electron chi connectivity index (χ1n) is 7.65. The van der Waals surface area contributed by atoms with E-state index >= 15 is 0 Å². The Balaban J connectivity index is 1.54. The smallest absolute Gasteiger partial charge is 0.171 e. The van der Waals surface area contributed by atoms with Crippen molar-refractivity contribution in [3.05, 3.63) is 82.1 Å². The monoisotopic (exact) mass is 390 g/mol. The van der Waals surface area contributed by atoms with Gasteiger partial charge in [0, 0.05) is 12.7 Å². The van der Waals surface area contributed by atoms with Crippen molar-refractivity contribution in [1.82, 2.24) is 15.1 Å². The summed E-state index contributed by atoms with van der Waals surface area (Å²) in [7, 11) is 0. The molecule has 2 N–H and O–H groups in total. The van der Waals surface area contributed by atoms with Crippen LogP contribution in [0.3, 0.4) is 0 Å². The van der Waals surface area contributed by atoms with Crippen molar-refractivity contribution in [2.45, 2.75) is 13.1 Å². The number of thiocarbonyl (C=S) groups is 1. The molecule has 0 atom stereocenters. The number of hydrogen-bond acceptors (Lipinski definition) is 2. The average molecular weight is 391 g/mol. The largest absolute Gasteiger partial charge is 0.358 e. The Bertz CT molecular complexity index is 865. The molecule has 1 aromatic heterocycles. The molecule has 0 bridgehead atoms. The average Bonchev–Trinajstić information content (AvgIpc) is 3.04. The van der Waals surface area contributed by atoms with Gasteiger partial charge >= 0.3 is 0 Å². The number of benzene rings is 2. The zero-order valence-corrected chi connectivity index (χ0v) is 15.6. The summed E-state index contributed by atoms with van der Waals surface area (Å²) in [4.78, 5) is 0. The highest BCUT2D eigenvalue weighted by Gasteiger charge is 2.04. The lowest BCUT2D eigenvalue weighted by molar-refractivity contribution is 0.687. The summed E-state index contributed by atoms with van der Waals surface area (Å²) < 4.78 is 1.81. The number of nitrogens with one attached hydrogen (secondary N) is 2. The lowest BCUT2D eigenvalue weighted by Gasteiger charge is -2.08. The van der Waals surface area contributed by atoms with Gasteiger partial charge in [-0.15, -0.1) is 0 Å². The number of aromatic nitrogens is 2. The van der Waals surface area contributed by atoms with Crippen molar-refractivity contribution in [3.63, 3.8) is 0 Å². The van der Waals surface area contributed by atoms with Gasteiger partial charge in [0.25, 0.3) is 0 Å². The molecule has 0 aliphatic carbocycles. The van der Waals surface area contributed by atoms with Crippen molar-refractivity contribution in [1.29, 1.82) is 0 Å². The number of nitrogens with zero attached hydrogens (tertiary/aromatic N) is 2. The third-order valence-corrected chi connectivity index (χ3v) is 4.50. The van der Waals surface area contributed by atoms with Gasteiger partial charge < -0.3 is 10.6 Å². The summed E-state index contributed by atoms with van der Waals surface area (Å²) in [6, 6.07) is 15.6. The standard InChI is InChI=1S/C18H16Cl2N4S/c19-16-7-6-14(8-17(16)20)11-24-12-15(10-22-24)23-18(25)21-9-13-4-2-1-3-5-13/h1-8,10,12H,9,11H2,(H2,21,23,25). The molecular formula is C18H16Cl2N4S. The Labute approximate surface area is 161 Å². The van der Waals surface area contributed by atoms with E-state index in [1.54, 1.807) is 12.3 Å². The molecule has 0 radical (unpaired) electrons. The van der Waals surface area contributed by atoms with Crippen LogP contribution >= 0.6 is 35.4 Å². The van der Waals surface area contributed by atoms with Gasteiger partial charge in [-0.05, 0) is 35.5 Å². The topological polar surface area (TPSA) is 41.9 Å². The summed E-state index contributed by atoms with van der Waals surface area (Å²) in [5, 5.41) is 12.3. The molecule has 0 spiro atoms. The molecule has 7 heteroatoms. The van der Waals surface area contributed by atoms with Crippen LogP contribution in [-0.4, -0.2) is 14.9 Å². The molecule has 0 saturated heterocycles. The van der Waals surface area contributed by atoms with Crippen molar-refractivity contribution in [2.24, 2.45) is 0 Å². The number of halogens is 2. The van der Waals surface area contributed by atoms with Crippen molar-refractivity contribution >= 4 is 46.2 Å². The van der Waals surface area contributed by atoms with E-state index in [1.165, 1.54) is 5.56 Å². The molecule has 4 nitrogen and oxygen atoms in total. The molecule has 1 heterocycles. The van der Waals surface area contributed by atoms with E-state index in [0.717, 1.165) is 11.3 Å². The van der Waals surface area contributed by atoms with E-state index in [1.807, 2.05) is 53.3 Å². The Morgan fingerprint density at radius 2 is 1.84 bits per heavy atom. The minimum Gasteiger partial charge on any atom is -0.358 e. The molecule has 0 fully saturated rings. The highest BCUT2D eigenvalue weighted by molar-refractivity contribution is 7.80. The predicted molar refractivity (Wildman–Crippen MR) is 107 cm³/mol. The van der Waals surface area contributed by atoms with Gasteiger partial charge in [-0.25, -0.2) is 0 Å². The van der Waals surface area contributed by atoms with Gasteiger partial charge in [-0.3, -0.25) is 4.68 Å². The van der Waals surface area contributed by atoms with Crippen LogP contribution in [0.2, 0.25) is 10.0 Å². The molecular weight excluding hydrogens is 375 g/mol. The summed E-state index contributed by atoms with van der Waals surface area (Å²) in [5.41, 5.74) is 3.02. The summed E-state index contributed by atoms with van der Waals surface area (Å²) in [6.07, 6.45) is 3.62. The highest BCUT2D eigenvalue weighted by atomic mass is 35.5. The second-order valence-corrected chi connectivity index (χ2v) is 6.69. The van der Waals surface area contributed by atoms with Gasteiger partial charge in [-0.1, -0.05) is 59.6 Å². The molecule has 0 saturated carbocycles. The van der Waals surface area contributed by atoms with E-state index in [0.29, 0.717) is 28.2 Å². The van der Waals surface area contributed by atoms with Gasteiger partial charge in [0.2, 0.25) is 0 Å². The minimum atomic E-state index is 0.538. The SMILES string of the molecule is S=C(NCc1ccccc1)Nc1cnn(Cc2ccc(Cl)c(Cl)c2)c1. The Morgan fingerprint density at radius 1 is 1.04 bits per heavy atom. The van der Waals surface area contributed by atoms with Gasteiger partial charge in [-0.2, -0.15) is 5.10 Å². The maximum absolute atomic E-state index is 6.04. The fourth-order valence-electron chi connectivity index (χ4n) is 2.29. The highest BCUT2D eigenvalue weighted by Crippen LogP contribution is 2.23. The number of hydrogen-bond donors (Lipinski definition) is 2. The fraction of sp³-hybridized carbons (Fsp3) is 0.111. The van der Waals surface area contributed by atoms with Gasteiger partial charge in [0.1, 0.15) is 0 Å². The van der Waals surface area contributed by atoms with Crippen molar-refractivity contribution in [3.8, 4) is 0 Å². The van der Waals surface area contributed by atoms with E-state index in [9.17, 15) is 0 Å². The van der Waals surface area contributed by atoms with E-state index in [-0.39, 0.29) is 0 Å². The van der Waals surface area contributed by atoms with Crippen molar-refractivity contribution in [2.75, 3.05) is 5.32 Å². The number of anilines is 1. The molecule has 128 valence electrons. The van der Waals surface area contributed by atoms with E-state index < -0.39 is 0 Å². The molecule has 3 aromatic rings. The molecule has 3 rings (SSSR count). The first-order chi connectivity index (χ1) is 12.1. The summed E-state index contributed by atoms with van der Waals surface area (Å²) in [6.45, 7) is 1.27. The normalized spacial score (nSPS) is 10.5. The summed E-state index contributed by atoms with van der Waals surface area (Å²) >= 11 is 17.3. The Hall–Kier alpha value is -2.08. The predicted octanol–water partition coefficient (Wildman–Crippen LogP) is 4.72. The first kappa shape index (κ1) is 17.7. The maximum Gasteiger partial charge on any atom is 0.171 e.